The van der Waals surface area contributed by atoms with Crippen LogP contribution in [0.5, 0.6) is 0 Å². The minimum absolute atomic E-state index is 0.0161. The van der Waals surface area contributed by atoms with Crippen LogP contribution >= 0.6 is 11.8 Å². The highest BCUT2D eigenvalue weighted by Crippen LogP contribution is 2.39. The van der Waals surface area contributed by atoms with Gasteiger partial charge in [0.15, 0.2) is 5.78 Å². The van der Waals surface area contributed by atoms with Gasteiger partial charge < -0.3 is 9.73 Å². The van der Waals surface area contributed by atoms with Crippen molar-refractivity contribution in [2.24, 2.45) is 0 Å². The van der Waals surface area contributed by atoms with Gasteiger partial charge in [-0.3, -0.25) is 9.59 Å². The van der Waals surface area contributed by atoms with E-state index in [9.17, 15) is 9.59 Å². The molecule has 1 amide bonds. The van der Waals surface area contributed by atoms with Crippen molar-refractivity contribution < 1.29 is 14.0 Å². The molecule has 0 radical (unpaired) electrons. The van der Waals surface area contributed by atoms with E-state index in [4.69, 9.17) is 4.42 Å². The van der Waals surface area contributed by atoms with Crippen LogP contribution in [0.25, 0.3) is 0 Å². The first-order valence-electron chi connectivity index (χ1n) is 8.05. The van der Waals surface area contributed by atoms with Gasteiger partial charge in [0.25, 0.3) is 5.22 Å². The maximum atomic E-state index is 12.2. The largest absolute Gasteiger partial charge is 0.416 e. The van der Waals surface area contributed by atoms with Gasteiger partial charge in [0.1, 0.15) is 0 Å². The zero-order valence-electron chi connectivity index (χ0n) is 13.4. The van der Waals surface area contributed by atoms with Gasteiger partial charge in [0.05, 0.1) is 5.75 Å². The molecule has 24 heavy (non-hydrogen) atoms. The molecule has 1 heterocycles. The number of aromatic nitrogens is 2. The van der Waals surface area contributed by atoms with Crippen LogP contribution in [0.4, 0.5) is 5.69 Å². The lowest BCUT2D eigenvalue weighted by atomic mass is 10.1. The van der Waals surface area contributed by atoms with E-state index in [-0.39, 0.29) is 17.4 Å². The fraction of sp³-hybridized carbons (Fsp3) is 0.412. The molecule has 1 saturated carbocycles. The predicted octanol–water partition coefficient (Wildman–Crippen LogP) is 3.66. The van der Waals surface area contributed by atoms with Crippen molar-refractivity contribution in [3.63, 3.8) is 0 Å². The van der Waals surface area contributed by atoms with Crippen LogP contribution in [0.3, 0.4) is 0 Å². The van der Waals surface area contributed by atoms with Crippen molar-refractivity contribution in [3.8, 4) is 0 Å². The Bertz CT molecular complexity index is 723. The van der Waals surface area contributed by atoms with Crippen LogP contribution < -0.4 is 5.32 Å². The first kappa shape index (κ1) is 16.7. The molecule has 2 aromatic rings. The van der Waals surface area contributed by atoms with Gasteiger partial charge in [-0.1, -0.05) is 18.7 Å². The normalized spacial score (nSPS) is 13.7. The molecule has 0 bridgehead atoms. The standard InChI is InChI=1S/C17H19N3O3S/c1-2-3-15(22)18-13-8-6-11(7-9-13)14(21)10-24-17-20-19-16(23-17)12-4-5-12/h6-9,12H,2-5,10H2,1H3,(H,18,22). The number of hydrogen-bond donors (Lipinski definition) is 1. The summed E-state index contributed by atoms with van der Waals surface area (Å²) in [5.74, 6) is 1.30. The summed E-state index contributed by atoms with van der Waals surface area (Å²) in [6.07, 6.45) is 3.50. The molecule has 0 aliphatic heterocycles. The Hall–Kier alpha value is -2.15. The van der Waals surface area contributed by atoms with Gasteiger partial charge in [-0.25, -0.2) is 0 Å². The van der Waals surface area contributed by atoms with Crippen LogP contribution in [-0.4, -0.2) is 27.6 Å². The van der Waals surface area contributed by atoms with E-state index >= 15 is 0 Å². The second-order valence-electron chi connectivity index (χ2n) is 5.77. The highest BCUT2D eigenvalue weighted by molar-refractivity contribution is 7.99. The van der Waals surface area contributed by atoms with Crippen LogP contribution in [-0.2, 0) is 4.79 Å². The second-order valence-corrected chi connectivity index (χ2v) is 6.69. The number of amides is 1. The monoisotopic (exact) mass is 345 g/mol. The molecule has 3 rings (SSSR count). The van der Waals surface area contributed by atoms with Crippen molar-refractivity contribution in [2.75, 3.05) is 11.1 Å². The summed E-state index contributed by atoms with van der Waals surface area (Å²) in [7, 11) is 0. The molecule has 1 N–H and O–H groups in total. The van der Waals surface area contributed by atoms with Gasteiger partial charge in [-0.05, 0) is 43.5 Å². The number of hydrogen-bond acceptors (Lipinski definition) is 6. The van der Waals surface area contributed by atoms with Crippen molar-refractivity contribution in [1.29, 1.82) is 0 Å². The third kappa shape index (κ3) is 4.44. The molecule has 0 atom stereocenters. The second kappa shape index (κ2) is 7.61. The lowest BCUT2D eigenvalue weighted by Gasteiger charge is -2.05. The molecule has 6 nitrogen and oxygen atoms in total. The molecule has 7 heteroatoms. The summed E-state index contributed by atoms with van der Waals surface area (Å²) in [6.45, 7) is 1.95. The Morgan fingerprint density at radius 1 is 1.25 bits per heavy atom. The van der Waals surface area contributed by atoms with Crippen LogP contribution in [0.1, 0.15) is 54.8 Å². The molecule has 1 aliphatic carbocycles. The number of carbonyl (C=O) groups is 2. The first-order chi connectivity index (χ1) is 11.7. The quantitative estimate of drug-likeness (QED) is 0.580. The third-order valence-corrected chi connectivity index (χ3v) is 4.46. The lowest BCUT2D eigenvalue weighted by Crippen LogP contribution is -2.10. The molecule has 0 unspecified atom stereocenters. The Morgan fingerprint density at radius 2 is 2.00 bits per heavy atom. The van der Waals surface area contributed by atoms with Gasteiger partial charge in [0.2, 0.25) is 11.8 Å². The summed E-state index contributed by atoms with van der Waals surface area (Å²) >= 11 is 1.25. The third-order valence-electron chi connectivity index (χ3n) is 3.64. The molecule has 1 aromatic carbocycles. The molecule has 0 saturated heterocycles. The summed E-state index contributed by atoms with van der Waals surface area (Å²) in [5.41, 5.74) is 1.29. The molecule has 126 valence electrons. The first-order valence-corrected chi connectivity index (χ1v) is 9.03. The number of nitrogens with zero attached hydrogens (tertiary/aromatic N) is 2. The van der Waals surface area contributed by atoms with Gasteiger partial charge in [-0.15, -0.1) is 10.2 Å². The zero-order chi connectivity index (χ0) is 16.9. The number of carbonyl (C=O) groups excluding carboxylic acids is 2. The van der Waals surface area contributed by atoms with Crippen LogP contribution in [0, 0.1) is 0 Å². The topological polar surface area (TPSA) is 85.1 Å². The lowest BCUT2D eigenvalue weighted by molar-refractivity contribution is -0.116. The fourth-order valence-corrected chi connectivity index (χ4v) is 2.84. The maximum absolute atomic E-state index is 12.2. The molecule has 1 aromatic heterocycles. The highest BCUT2D eigenvalue weighted by Gasteiger charge is 2.29. The highest BCUT2D eigenvalue weighted by atomic mass is 32.2. The smallest absolute Gasteiger partial charge is 0.277 e. The predicted molar refractivity (Wildman–Crippen MR) is 91.3 cm³/mol. The summed E-state index contributed by atoms with van der Waals surface area (Å²) in [5, 5.41) is 11.2. The van der Waals surface area contributed by atoms with Gasteiger partial charge in [0, 0.05) is 23.6 Å². The average Bonchev–Trinajstić information content (AvgIpc) is 3.32. The number of anilines is 1. The van der Waals surface area contributed by atoms with Crippen LogP contribution in [0.15, 0.2) is 33.9 Å². The number of Topliss-reactive ketones (excluding diaryl/α,β-unsaturated/α-hetero) is 1. The summed E-state index contributed by atoms with van der Waals surface area (Å²) in [6, 6.07) is 6.91. The van der Waals surface area contributed by atoms with Crippen molar-refractivity contribution in [1.82, 2.24) is 10.2 Å². The number of ketones is 1. The maximum Gasteiger partial charge on any atom is 0.277 e. The van der Waals surface area contributed by atoms with E-state index in [1.165, 1.54) is 11.8 Å². The van der Waals surface area contributed by atoms with Gasteiger partial charge in [-0.2, -0.15) is 0 Å². The Labute approximate surface area is 144 Å². The van der Waals surface area contributed by atoms with E-state index in [0.29, 0.717) is 34.7 Å². The molecule has 1 aliphatic rings. The number of benzene rings is 1. The van der Waals surface area contributed by atoms with Crippen LogP contribution in [0.2, 0.25) is 0 Å². The van der Waals surface area contributed by atoms with E-state index in [2.05, 4.69) is 15.5 Å². The molecular weight excluding hydrogens is 326 g/mol. The average molecular weight is 345 g/mol. The Kier molecular flexibility index (Phi) is 5.30. The summed E-state index contributed by atoms with van der Waals surface area (Å²) in [4.78, 5) is 23.7. The van der Waals surface area contributed by atoms with Gasteiger partial charge >= 0.3 is 0 Å². The number of rotatable bonds is 8. The number of nitrogens with one attached hydrogen (secondary N) is 1. The summed E-state index contributed by atoms with van der Waals surface area (Å²) < 4.78 is 5.52. The Balaban J connectivity index is 1.51. The van der Waals surface area contributed by atoms with E-state index in [0.717, 1.165) is 19.3 Å². The zero-order valence-corrected chi connectivity index (χ0v) is 14.3. The number of thioether (sulfide) groups is 1. The van der Waals surface area contributed by atoms with E-state index in [1.54, 1.807) is 24.3 Å². The van der Waals surface area contributed by atoms with E-state index < -0.39 is 0 Å². The van der Waals surface area contributed by atoms with Crippen molar-refractivity contribution in [3.05, 3.63) is 35.7 Å². The van der Waals surface area contributed by atoms with Crippen molar-refractivity contribution >= 4 is 29.1 Å². The molecular formula is C17H19N3O3S. The minimum Gasteiger partial charge on any atom is -0.416 e. The fourth-order valence-electron chi connectivity index (χ4n) is 2.17. The molecule has 0 spiro atoms. The Morgan fingerprint density at radius 3 is 2.67 bits per heavy atom. The minimum atomic E-state index is -0.0185. The molecule has 1 fully saturated rings. The van der Waals surface area contributed by atoms with E-state index in [1.807, 2.05) is 6.92 Å². The van der Waals surface area contributed by atoms with Crippen molar-refractivity contribution in [2.45, 2.75) is 43.7 Å². The SMILES string of the molecule is CCCC(=O)Nc1ccc(C(=O)CSc2nnc(C3CC3)o2)cc1.